The summed E-state index contributed by atoms with van der Waals surface area (Å²) < 4.78 is 3.24. The van der Waals surface area contributed by atoms with E-state index in [1.165, 1.54) is 5.56 Å². The van der Waals surface area contributed by atoms with E-state index in [1.54, 1.807) is 0 Å². The molecular formula is C15H19BrN4. The molecule has 1 fully saturated rings. The Morgan fingerprint density at radius 3 is 2.85 bits per heavy atom. The van der Waals surface area contributed by atoms with Crippen molar-refractivity contribution in [1.29, 1.82) is 0 Å². The van der Waals surface area contributed by atoms with Crippen molar-refractivity contribution >= 4 is 15.9 Å². The first-order valence-corrected chi connectivity index (χ1v) is 7.70. The van der Waals surface area contributed by atoms with Crippen LogP contribution >= 0.6 is 15.9 Å². The third-order valence-electron chi connectivity index (χ3n) is 3.81. The van der Waals surface area contributed by atoms with E-state index in [2.05, 4.69) is 67.0 Å². The van der Waals surface area contributed by atoms with E-state index in [9.17, 15) is 0 Å². The summed E-state index contributed by atoms with van der Waals surface area (Å²) in [6, 6.07) is 8.91. The number of nitrogens with one attached hydrogen (secondary N) is 1. The quantitative estimate of drug-likeness (QED) is 0.935. The molecule has 1 atom stereocenters. The number of imidazole rings is 1. The molecule has 1 aromatic carbocycles. The van der Waals surface area contributed by atoms with Gasteiger partial charge in [-0.05, 0) is 17.7 Å². The third-order valence-corrected chi connectivity index (χ3v) is 4.34. The van der Waals surface area contributed by atoms with Crippen molar-refractivity contribution in [1.82, 2.24) is 19.8 Å². The second-order valence-corrected chi connectivity index (χ2v) is 6.13. The van der Waals surface area contributed by atoms with Crippen LogP contribution in [0.5, 0.6) is 0 Å². The normalized spacial score (nSPS) is 20.2. The van der Waals surface area contributed by atoms with Crippen LogP contribution in [0.25, 0.3) is 0 Å². The molecule has 0 saturated carbocycles. The van der Waals surface area contributed by atoms with Crippen LogP contribution in [0.2, 0.25) is 0 Å². The maximum atomic E-state index is 4.52. The Hall–Kier alpha value is -1.17. The summed E-state index contributed by atoms with van der Waals surface area (Å²) in [4.78, 5) is 7.02. The molecule has 1 aromatic heterocycles. The molecule has 1 N–H and O–H groups in total. The number of hydrogen-bond acceptors (Lipinski definition) is 3. The summed E-state index contributed by atoms with van der Waals surface area (Å²) >= 11 is 3.49. The summed E-state index contributed by atoms with van der Waals surface area (Å²) in [6.07, 6.45) is 3.89. The van der Waals surface area contributed by atoms with Gasteiger partial charge in [0.15, 0.2) is 0 Å². The van der Waals surface area contributed by atoms with Crippen LogP contribution in [-0.4, -0.2) is 34.1 Å². The van der Waals surface area contributed by atoms with Gasteiger partial charge in [-0.1, -0.05) is 28.1 Å². The number of aryl methyl sites for hydroxylation is 1. The van der Waals surface area contributed by atoms with Gasteiger partial charge in [0.05, 0.1) is 6.04 Å². The summed E-state index contributed by atoms with van der Waals surface area (Å²) in [7, 11) is 2.06. The van der Waals surface area contributed by atoms with Crippen LogP contribution in [0.4, 0.5) is 0 Å². The van der Waals surface area contributed by atoms with Gasteiger partial charge in [0.2, 0.25) is 0 Å². The van der Waals surface area contributed by atoms with Crippen LogP contribution in [0, 0.1) is 0 Å². The molecule has 0 spiro atoms. The fourth-order valence-electron chi connectivity index (χ4n) is 2.71. The number of hydrogen-bond donors (Lipinski definition) is 1. The first kappa shape index (κ1) is 13.8. The first-order valence-electron chi connectivity index (χ1n) is 6.90. The molecule has 20 heavy (non-hydrogen) atoms. The standard InChI is InChI=1S/C15H19BrN4/c1-19-8-7-18-15(19)14-10-17-6-9-20(14)11-12-2-4-13(16)5-3-12/h2-5,7-8,14,17H,6,9-11H2,1H3. The summed E-state index contributed by atoms with van der Waals surface area (Å²) in [5, 5.41) is 3.47. The number of piperazine rings is 1. The Bertz CT molecular complexity index is 564. The molecule has 3 rings (SSSR count). The van der Waals surface area contributed by atoms with Crippen molar-refractivity contribution in [3.63, 3.8) is 0 Å². The Labute approximate surface area is 127 Å². The molecule has 106 valence electrons. The maximum Gasteiger partial charge on any atom is 0.127 e. The van der Waals surface area contributed by atoms with Crippen molar-refractivity contribution in [3.8, 4) is 0 Å². The van der Waals surface area contributed by atoms with Gasteiger partial charge in [0.25, 0.3) is 0 Å². The van der Waals surface area contributed by atoms with Gasteiger partial charge in [-0.15, -0.1) is 0 Å². The predicted molar refractivity (Wildman–Crippen MR) is 83.4 cm³/mol. The van der Waals surface area contributed by atoms with Crippen molar-refractivity contribution in [2.45, 2.75) is 12.6 Å². The number of benzene rings is 1. The molecule has 2 heterocycles. The third kappa shape index (κ3) is 2.95. The Morgan fingerprint density at radius 2 is 2.15 bits per heavy atom. The van der Waals surface area contributed by atoms with E-state index in [4.69, 9.17) is 0 Å². The Morgan fingerprint density at radius 1 is 1.35 bits per heavy atom. The molecule has 1 unspecified atom stereocenters. The molecule has 0 aliphatic carbocycles. The molecule has 2 aromatic rings. The number of halogens is 1. The number of nitrogens with zero attached hydrogens (tertiary/aromatic N) is 3. The lowest BCUT2D eigenvalue weighted by molar-refractivity contribution is 0.145. The van der Waals surface area contributed by atoms with E-state index < -0.39 is 0 Å². The van der Waals surface area contributed by atoms with Gasteiger partial charge < -0.3 is 9.88 Å². The van der Waals surface area contributed by atoms with E-state index >= 15 is 0 Å². The van der Waals surface area contributed by atoms with Crippen molar-refractivity contribution in [3.05, 3.63) is 52.5 Å². The molecule has 1 aliphatic heterocycles. The van der Waals surface area contributed by atoms with Gasteiger partial charge in [0, 0.05) is 50.1 Å². The van der Waals surface area contributed by atoms with Gasteiger partial charge >= 0.3 is 0 Å². The Kier molecular flexibility index (Phi) is 4.19. The van der Waals surface area contributed by atoms with Crippen LogP contribution in [-0.2, 0) is 13.6 Å². The van der Waals surface area contributed by atoms with Crippen molar-refractivity contribution in [2.24, 2.45) is 7.05 Å². The van der Waals surface area contributed by atoms with Crippen molar-refractivity contribution in [2.75, 3.05) is 19.6 Å². The molecule has 4 nitrogen and oxygen atoms in total. The second-order valence-electron chi connectivity index (χ2n) is 5.21. The fourth-order valence-corrected chi connectivity index (χ4v) is 2.98. The summed E-state index contributed by atoms with van der Waals surface area (Å²) in [5.74, 6) is 1.13. The van der Waals surface area contributed by atoms with E-state index in [0.717, 1.165) is 36.5 Å². The van der Waals surface area contributed by atoms with E-state index in [-0.39, 0.29) is 0 Å². The van der Waals surface area contributed by atoms with E-state index in [1.807, 2.05) is 12.4 Å². The average Bonchev–Trinajstić information content (AvgIpc) is 2.88. The smallest absolute Gasteiger partial charge is 0.127 e. The second kappa shape index (κ2) is 6.08. The molecule has 1 saturated heterocycles. The SMILES string of the molecule is Cn1ccnc1C1CNCCN1Cc1ccc(Br)cc1. The molecule has 1 aliphatic rings. The zero-order valence-corrected chi connectivity index (χ0v) is 13.2. The molecule has 0 bridgehead atoms. The molecule has 0 radical (unpaired) electrons. The van der Waals surface area contributed by atoms with Crippen molar-refractivity contribution < 1.29 is 0 Å². The maximum absolute atomic E-state index is 4.52. The average molecular weight is 335 g/mol. The van der Waals surface area contributed by atoms with E-state index in [0.29, 0.717) is 6.04 Å². The minimum Gasteiger partial charge on any atom is -0.337 e. The van der Waals surface area contributed by atoms with Gasteiger partial charge in [-0.25, -0.2) is 4.98 Å². The van der Waals surface area contributed by atoms with Gasteiger partial charge in [-0.2, -0.15) is 0 Å². The lowest BCUT2D eigenvalue weighted by Gasteiger charge is -2.35. The van der Waals surface area contributed by atoms with Crippen LogP contribution in [0.3, 0.4) is 0 Å². The highest BCUT2D eigenvalue weighted by Gasteiger charge is 2.26. The summed E-state index contributed by atoms with van der Waals surface area (Å²) in [6.45, 7) is 4.01. The zero-order valence-electron chi connectivity index (χ0n) is 11.6. The molecular weight excluding hydrogens is 316 g/mol. The highest BCUT2D eigenvalue weighted by atomic mass is 79.9. The highest BCUT2D eigenvalue weighted by Crippen LogP contribution is 2.23. The van der Waals surface area contributed by atoms with Crippen LogP contribution in [0.15, 0.2) is 41.1 Å². The monoisotopic (exact) mass is 334 g/mol. The number of rotatable bonds is 3. The largest absolute Gasteiger partial charge is 0.337 e. The fraction of sp³-hybridized carbons (Fsp3) is 0.400. The first-order chi connectivity index (χ1) is 9.74. The van der Waals surface area contributed by atoms with Crippen LogP contribution in [0.1, 0.15) is 17.4 Å². The number of aromatic nitrogens is 2. The van der Waals surface area contributed by atoms with Gasteiger partial charge in [-0.3, -0.25) is 4.90 Å². The Balaban J connectivity index is 1.79. The lowest BCUT2D eigenvalue weighted by Crippen LogP contribution is -2.46. The minimum atomic E-state index is 0.340. The summed E-state index contributed by atoms with van der Waals surface area (Å²) in [5.41, 5.74) is 1.34. The highest BCUT2D eigenvalue weighted by molar-refractivity contribution is 9.10. The van der Waals surface area contributed by atoms with Crippen LogP contribution < -0.4 is 5.32 Å². The van der Waals surface area contributed by atoms with Gasteiger partial charge in [0.1, 0.15) is 5.82 Å². The lowest BCUT2D eigenvalue weighted by atomic mass is 10.1. The topological polar surface area (TPSA) is 33.1 Å². The zero-order chi connectivity index (χ0) is 13.9. The predicted octanol–water partition coefficient (Wildman–Crippen LogP) is 2.33. The molecule has 0 amide bonds. The molecule has 5 heteroatoms. The minimum absolute atomic E-state index is 0.340.